The van der Waals surface area contributed by atoms with Crippen LogP contribution in [0.2, 0.25) is 0 Å². The highest BCUT2D eigenvalue weighted by Gasteiger charge is 2.33. The molecule has 24 heavy (non-hydrogen) atoms. The molecule has 0 radical (unpaired) electrons. The van der Waals surface area contributed by atoms with Crippen molar-refractivity contribution >= 4 is 40.6 Å². The second-order valence-electron chi connectivity index (χ2n) is 5.65. The van der Waals surface area contributed by atoms with Crippen molar-refractivity contribution in [3.05, 3.63) is 24.0 Å². The first-order chi connectivity index (χ1) is 11.4. The fraction of sp³-hybridized carbons (Fsp3) is 0.400. The van der Waals surface area contributed by atoms with Gasteiger partial charge in [0.15, 0.2) is 0 Å². The van der Waals surface area contributed by atoms with Crippen LogP contribution in [0.5, 0.6) is 0 Å². The number of benzene rings is 1. The van der Waals surface area contributed by atoms with Crippen LogP contribution in [0, 0.1) is 5.82 Å². The molecule has 0 spiro atoms. The number of ether oxygens (including phenoxy) is 1. The van der Waals surface area contributed by atoms with E-state index in [9.17, 15) is 14.0 Å². The van der Waals surface area contributed by atoms with Crippen LogP contribution in [0.3, 0.4) is 0 Å². The first-order valence-electron chi connectivity index (χ1n) is 7.48. The zero-order chi connectivity index (χ0) is 17.3. The van der Waals surface area contributed by atoms with E-state index in [1.165, 1.54) is 11.0 Å². The summed E-state index contributed by atoms with van der Waals surface area (Å²) >= 11 is 4.93. The SMILES string of the molecule is CC(=S)NC[C@H]1CN(c2ccc(N3CNC(=O)C3)c(F)c2)C(=O)O1. The van der Waals surface area contributed by atoms with E-state index < -0.39 is 11.9 Å². The van der Waals surface area contributed by atoms with E-state index in [2.05, 4.69) is 10.6 Å². The van der Waals surface area contributed by atoms with Gasteiger partial charge >= 0.3 is 6.09 Å². The number of carbonyl (C=O) groups is 2. The molecule has 1 atom stereocenters. The predicted molar refractivity (Wildman–Crippen MR) is 90.6 cm³/mol. The highest BCUT2D eigenvalue weighted by atomic mass is 32.1. The van der Waals surface area contributed by atoms with Gasteiger partial charge in [-0.25, -0.2) is 9.18 Å². The Labute approximate surface area is 143 Å². The summed E-state index contributed by atoms with van der Waals surface area (Å²) in [5.74, 6) is -0.640. The lowest BCUT2D eigenvalue weighted by atomic mass is 10.2. The lowest BCUT2D eigenvalue weighted by Gasteiger charge is -2.19. The van der Waals surface area contributed by atoms with Crippen molar-refractivity contribution in [1.82, 2.24) is 10.6 Å². The molecule has 3 rings (SSSR count). The molecule has 2 fully saturated rings. The summed E-state index contributed by atoms with van der Waals surface area (Å²) in [7, 11) is 0. The Morgan fingerprint density at radius 1 is 1.50 bits per heavy atom. The maximum Gasteiger partial charge on any atom is 0.414 e. The third-order valence-corrected chi connectivity index (χ3v) is 3.98. The minimum absolute atomic E-state index is 0.118. The Hall–Kier alpha value is -2.42. The normalized spacial score (nSPS) is 20.2. The largest absolute Gasteiger partial charge is 0.442 e. The lowest BCUT2D eigenvalue weighted by Crippen LogP contribution is -2.32. The molecular formula is C15H17FN4O3S. The number of amides is 2. The van der Waals surface area contributed by atoms with Gasteiger partial charge in [-0.2, -0.15) is 0 Å². The molecule has 0 aliphatic carbocycles. The molecule has 2 amide bonds. The number of cyclic esters (lactones) is 1. The molecule has 1 aromatic carbocycles. The third-order valence-electron chi connectivity index (χ3n) is 3.84. The van der Waals surface area contributed by atoms with Crippen LogP contribution in [0.15, 0.2) is 18.2 Å². The molecule has 0 aromatic heterocycles. The summed E-state index contributed by atoms with van der Waals surface area (Å²) in [6.45, 7) is 2.87. The Morgan fingerprint density at radius 3 is 2.92 bits per heavy atom. The second kappa shape index (κ2) is 6.60. The van der Waals surface area contributed by atoms with Crippen LogP contribution in [-0.4, -0.2) is 49.4 Å². The smallest absolute Gasteiger partial charge is 0.414 e. The number of thiocarbonyl (C=S) groups is 1. The standard InChI is InChI=1S/C15H17FN4O3S/c1-9(24)17-5-11-6-20(15(22)23-11)10-2-3-13(12(16)4-10)19-7-14(21)18-8-19/h2-4,11H,5-8H2,1H3,(H,17,24)(H,18,21)/t11-/m0/s1. The molecule has 0 bridgehead atoms. The molecule has 1 aromatic rings. The average Bonchev–Trinajstić information content (AvgIpc) is 3.11. The van der Waals surface area contributed by atoms with Crippen LogP contribution in [-0.2, 0) is 9.53 Å². The van der Waals surface area contributed by atoms with Crippen molar-refractivity contribution in [3.63, 3.8) is 0 Å². The summed E-state index contributed by atoms with van der Waals surface area (Å²) in [5, 5.41) is 5.57. The van der Waals surface area contributed by atoms with Gasteiger partial charge in [0.25, 0.3) is 0 Å². The maximum absolute atomic E-state index is 14.4. The topological polar surface area (TPSA) is 73.9 Å². The second-order valence-corrected chi connectivity index (χ2v) is 6.26. The number of anilines is 2. The fourth-order valence-corrected chi connectivity index (χ4v) is 2.74. The molecule has 2 heterocycles. The van der Waals surface area contributed by atoms with Crippen LogP contribution in [0.25, 0.3) is 0 Å². The van der Waals surface area contributed by atoms with Crippen LogP contribution < -0.4 is 20.4 Å². The molecule has 2 aliphatic heterocycles. The van der Waals surface area contributed by atoms with Crippen molar-refractivity contribution in [1.29, 1.82) is 0 Å². The zero-order valence-corrected chi connectivity index (χ0v) is 13.9. The van der Waals surface area contributed by atoms with E-state index in [1.807, 2.05) is 0 Å². The molecule has 9 heteroatoms. The average molecular weight is 352 g/mol. The quantitative estimate of drug-likeness (QED) is 0.787. The van der Waals surface area contributed by atoms with Gasteiger partial charge in [-0.15, -0.1) is 0 Å². The molecule has 2 N–H and O–H groups in total. The van der Waals surface area contributed by atoms with Gasteiger partial charge in [-0.05, 0) is 25.1 Å². The van der Waals surface area contributed by atoms with Crippen molar-refractivity contribution in [2.45, 2.75) is 13.0 Å². The van der Waals surface area contributed by atoms with Gasteiger partial charge in [0.1, 0.15) is 11.9 Å². The molecule has 0 unspecified atom stereocenters. The van der Waals surface area contributed by atoms with Gasteiger partial charge in [-0.3, -0.25) is 9.69 Å². The minimum atomic E-state index is -0.519. The van der Waals surface area contributed by atoms with E-state index in [0.29, 0.717) is 29.5 Å². The number of carbonyl (C=O) groups excluding carboxylic acids is 2. The van der Waals surface area contributed by atoms with Crippen LogP contribution in [0.1, 0.15) is 6.92 Å². The molecule has 2 saturated heterocycles. The molecular weight excluding hydrogens is 335 g/mol. The monoisotopic (exact) mass is 352 g/mol. The Kier molecular flexibility index (Phi) is 4.52. The van der Waals surface area contributed by atoms with E-state index in [4.69, 9.17) is 17.0 Å². The molecule has 128 valence electrons. The molecule has 2 aliphatic rings. The first kappa shape index (κ1) is 16.4. The van der Waals surface area contributed by atoms with Gasteiger partial charge in [0, 0.05) is 0 Å². The number of hydrogen-bond acceptors (Lipinski definition) is 5. The van der Waals surface area contributed by atoms with Crippen molar-refractivity contribution in [2.75, 3.05) is 36.1 Å². The molecule has 7 nitrogen and oxygen atoms in total. The Bertz CT molecular complexity index is 699. The van der Waals surface area contributed by atoms with E-state index in [1.54, 1.807) is 24.0 Å². The molecule has 0 saturated carbocycles. The number of rotatable bonds is 4. The highest BCUT2D eigenvalue weighted by molar-refractivity contribution is 7.80. The zero-order valence-electron chi connectivity index (χ0n) is 13.0. The maximum atomic E-state index is 14.4. The van der Waals surface area contributed by atoms with E-state index >= 15 is 0 Å². The van der Waals surface area contributed by atoms with Crippen molar-refractivity contribution in [3.8, 4) is 0 Å². The van der Waals surface area contributed by atoms with Gasteiger partial charge in [-0.1, -0.05) is 12.2 Å². The number of halogens is 1. The number of hydrogen-bond donors (Lipinski definition) is 2. The summed E-state index contributed by atoms with van der Waals surface area (Å²) in [5.41, 5.74) is 0.737. The van der Waals surface area contributed by atoms with Crippen LogP contribution in [0.4, 0.5) is 20.6 Å². The van der Waals surface area contributed by atoms with Crippen LogP contribution >= 0.6 is 12.2 Å². The summed E-state index contributed by atoms with van der Waals surface area (Å²) in [6, 6.07) is 4.48. The Balaban J connectivity index is 1.71. The highest BCUT2D eigenvalue weighted by Crippen LogP contribution is 2.28. The third kappa shape index (κ3) is 3.40. The van der Waals surface area contributed by atoms with E-state index in [0.717, 1.165) is 0 Å². The van der Waals surface area contributed by atoms with Gasteiger partial charge in [0.05, 0.1) is 42.7 Å². The summed E-state index contributed by atoms with van der Waals surface area (Å²) < 4.78 is 19.6. The summed E-state index contributed by atoms with van der Waals surface area (Å²) in [4.78, 5) is 26.8. The minimum Gasteiger partial charge on any atom is -0.442 e. The summed E-state index contributed by atoms with van der Waals surface area (Å²) in [6.07, 6.45) is -0.868. The van der Waals surface area contributed by atoms with Gasteiger partial charge < -0.3 is 20.3 Å². The fourth-order valence-electron chi connectivity index (χ4n) is 2.66. The number of nitrogens with one attached hydrogen (secondary N) is 2. The lowest BCUT2D eigenvalue weighted by molar-refractivity contribution is -0.118. The van der Waals surface area contributed by atoms with Gasteiger partial charge in [0.2, 0.25) is 5.91 Å². The first-order valence-corrected chi connectivity index (χ1v) is 7.88. The Morgan fingerprint density at radius 2 is 2.29 bits per heavy atom. The van der Waals surface area contributed by atoms with Crippen molar-refractivity contribution in [2.24, 2.45) is 0 Å². The van der Waals surface area contributed by atoms with E-state index in [-0.39, 0.29) is 25.2 Å². The number of nitrogens with zero attached hydrogens (tertiary/aromatic N) is 2. The predicted octanol–water partition coefficient (Wildman–Crippen LogP) is 0.981. The van der Waals surface area contributed by atoms with Crippen molar-refractivity contribution < 1.29 is 18.7 Å².